The summed E-state index contributed by atoms with van der Waals surface area (Å²) >= 11 is 0. The van der Waals surface area contributed by atoms with E-state index in [4.69, 9.17) is 0 Å². The molecule has 4 heteroatoms. The Balaban J connectivity index is 1.37. The minimum absolute atomic E-state index is 0.179. The molecule has 0 unspecified atom stereocenters. The van der Waals surface area contributed by atoms with Gasteiger partial charge in [-0.15, -0.1) is 0 Å². The summed E-state index contributed by atoms with van der Waals surface area (Å²) in [5.41, 5.74) is 1.02. The Morgan fingerprint density at radius 3 is 2.60 bits per heavy atom. The molecule has 0 spiro atoms. The number of carbonyl (C=O) groups excluding carboxylic acids is 1. The predicted octanol–water partition coefficient (Wildman–Crippen LogP) is 3.56. The zero-order valence-corrected chi connectivity index (χ0v) is 14.7. The summed E-state index contributed by atoms with van der Waals surface area (Å²) in [7, 11) is 0. The first kappa shape index (κ1) is 16.8. The van der Waals surface area contributed by atoms with Gasteiger partial charge >= 0.3 is 0 Å². The maximum absolute atomic E-state index is 13.0. The lowest BCUT2D eigenvalue weighted by molar-refractivity contribution is -0.141. The van der Waals surface area contributed by atoms with E-state index in [1.165, 1.54) is 31.4 Å². The summed E-state index contributed by atoms with van der Waals surface area (Å²) in [4.78, 5) is 17.4. The fourth-order valence-corrected chi connectivity index (χ4v) is 4.38. The molecule has 25 heavy (non-hydrogen) atoms. The molecule has 4 fully saturated rings. The molecule has 3 saturated heterocycles. The molecular formula is C21H27FN2O. The first-order valence-electron chi connectivity index (χ1n) is 9.64. The lowest BCUT2D eigenvalue weighted by Gasteiger charge is -2.40. The van der Waals surface area contributed by atoms with Gasteiger partial charge in [0.1, 0.15) is 5.82 Å². The topological polar surface area (TPSA) is 23.6 Å². The summed E-state index contributed by atoms with van der Waals surface area (Å²) in [5, 5.41) is 0. The fourth-order valence-electron chi connectivity index (χ4n) is 4.38. The van der Waals surface area contributed by atoms with E-state index in [2.05, 4.69) is 15.9 Å². The molecule has 1 aliphatic carbocycles. The van der Waals surface area contributed by atoms with E-state index in [1.54, 1.807) is 12.1 Å². The summed E-state index contributed by atoms with van der Waals surface area (Å²) in [6, 6.07) is 6.96. The third-order valence-corrected chi connectivity index (χ3v) is 6.09. The number of nitrogens with zero attached hydrogens (tertiary/aromatic N) is 2. The molecule has 1 amide bonds. The van der Waals surface area contributed by atoms with Crippen LogP contribution in [0.1, 0.15) is 37.7 Å². The monoisotopic (exact) mass is 342 g/mol. The molecule has 0 N–H and O–H groups in total. The highest BCUT2D eigenvalue weighted by molar-refractivity contribution is 5.80. The number of carbonyl (C=O) groups is 1. The van der Waals surface area contributed by atoms with Crippen LogP contribution in [0.25, 0.3) is 6.08 Å². The van der Waals surface area contributed by atoms with Crippen LogP contribution in [-0.4, -0.2) is 47.9 Å². The maximum Gasteiger partial charge on any atom is 0.227 e. The van der Waals surface area contributed by atoms with Crippen molar-refractivity contribution in [1.82, 2.24) is 9.80 Å². The number of benzene rings is 1. The van der Waals surface area contributed by atoms with Crippen LogP contribution in [0.2, 0.25) is 0 Å². The van der Waals surface area contributed by atoms with E-state index in [0.717, 1.165) is 50.5 Å². The van der Waals surface area contributed by atoms with Crippen molar-refractivity contribution in [3.05, 3.63) is 41.7 Å². The highest BCUT2D eigenvalue weighted by atomic mass is 19.1. The van der Waals surface area contributed by atoms with Crippen LogP contribution in [-0.2, 0) is 4.79 Å². The first-order valence-corrected chi connectivity index (χ1v) is 9.64. The van der Waals surface area contributed by atoms with Crippen molar-refractivity contribution in [2.45, 2.75) is 38.1 Å². The molecule has 0 radical (unpaired) electrons. The van der Waals surface area contributed by atoms with Crippen LogP contribution in [0.5, 0.6) is 0 Å². The third-order valence-electron chi connectivity index (χ3n) is 6.09. The molecule has 1 aromatic rings. The van der Waals surface area contributed by atoms with E-state index < -0.39 is 0 Å². The Bertz CT molecular complexity index is 638. The molecule has 4 aliphatic rings. The van der Waals surface area contributed by atoms with Gasteiger partial charge in [0, 0.05) is 32.2 Å². The molecule has 2 atom stereocenters. The first-order chi connectivity index (χ1) is 12.2. The Kier molecular flexibility index (Phi) is 4.89. The number of halogens is 1. The van der Waals surface area contributed by atoms with E-state index in [-0.39, 0.29) is 11.7 Å². The Morgan fingerprint density at radius 2 is 1.88 bits per heavy atom. The Hall–Kier alpha value is -1.68. The highest BCUT2D eigenvalue weighted by Gasteiger charge is 2.41. The number of piperidine rings is 1. The van der Waals surface area contributed by atoms with Crippen LogP contribution in [0, 0.1) is 17.7 Å². The standard InChI is InChI=1S/C21H27FN2O/c22-19-9-6-16(7-10-19)5-2-12-23-14-18-8-11-20(15-23)24(21(18)25)13-17-3-1-4-17/h2,5-7,9-10,17-18,20H,1,3-4,8,11-15H2/b5-2+/t18-,20+/m0/s1. The van der Waals surface area contributed by atoms with Gasteiger partial charge in [0.2, 0.25) is 5.91 Å². The van der Waals surface area contributed by atoms with Crippen molar-refractivity contribution >= 4 is 12.0 Å². The minimum atomic E-state index is -0.202. The molecule has 0 aromatic heterocycles. The van der Waals surface area contributed by atoms with E-state index >= 15 is 0 Å². The molecular weight excluding hydrogens is 315 g/mol. The lowest BCUT2D eigenvalue weighted by atomic mass is 9.83. The van der Waals surface area contributed by atoms with Crippen molar-refractivity contribution in [3.63, 3.8) is 0 Å². The second-order valence-corrected chi connectivity index (χ2v) is 7.89. The summed E-state index contributed by atoms with van der Waals surface area (Å²) in [6.07, 6.45) is 10.3. The maximum atomic E-state index is 13.0. The van der Waals surface area contributed by atoms with E-state index in [1.807, 2.05) is 6.08 Å². The summed E-state index contributed by atoms with van der Waals surface area (Å²) in [6.45, 7) is 3.71. The van der Waals surface area contributed by atoms with Crippen LogP contribution in [0.4, 0.5) is 4.39 Å². The smallest absolute Gasteiger partial charge is 0.227 e. The van der Waals surface area contributed by atoms with Crippen LogP contribution < -0.4 is 0 Å². The van der Waals surface area contributed by atoms with Crippen molar-refractivity contribution in [2.24, 2.45) is 11.8 Å². The van der Waals surface area contributed by atoms with Gasteiger partial charge in [0.05, 0.1) is 5.92 Å². The van der Waals surface area contributed by atoms with Crippen LogP contribution in [0.15, 0.2) is 30.3 Å². The van der Waals surface area contributed by atoms with Crippen LogP contribution >= 0.6 is 0 Å². The van der Waals surface area contributed by atoms with Crippen LogP contribution in [0.3, 0.4) is 0 Å². The lowest BCUT2D eigenvalue weighted by Crippen LogP contribution is -2.50. The molecule has 134 valence electrons. The van der Waals surface area contributed by atoms with Gasteiger partial charge in [0.15, 0.2) is 0 Å². The molecule has 3 nitrogen and oxygen atoms in total. The van der Waals surface area contributed by atoms with Gasteiger partial charge in [-0.05, 0) is 49.3 Å². The number of hydrogen-bond donors (Lipinski definition) is 0. The average molecular weight is 342 g/mol. The van der Waals surface area contributed by atoms with Crippen molar-refractivity contribution in [1.29, 1.82) is 0 Å². The Labute approximate surface area is 149 Å². The van der Waals surface area contributed by atoms with Gasteiger partial charge < -0.3 is 4.90 Å². The molecule has 1 aromatic carbocycles. The molecule has 5 rings (SSSR count). The fraction of sp³-hybridized carbons (Fsp3) is 0.571. The minimum Gasteiger partial charge on any atom is -0.338 e. The van der Waals surface area contributed by atoms with Gasteiger partial charge in [-0.1, -0.05) is 30.7 Å². The second-order valence-electron chi connectivity index (χ2n) is 7.89. The quantitative estimate of drug-likeness (QED) is 0.817. The number of rotatable bonds is 5. The average Bonchev–Trinajstić information content (AvgIpc) is 2.84. The van der Waals surface area contributed by atoms with Gasteiger partial charge in [0.25, 0.3) is 0 Å². The number of fused-ring (bicyclic) bond motifs is 4. The molecule has 1 saturated carbocycles. The summed E-state index contributed by atoms with van der Waals surface area (Å²) in [5.74, 6) is 1.12. The largest absolute Gasteiger partial charge is 0.338 e. The van der Waals surface area contributed by atoms with Crippen molar-refractivity contribution < 1.29 is 9.18 Å². The molecule has 3 aliphatic heterocycles. The normalized spacial score (nSPS) is 27.7. The van der Waals surface area contributed by atoms with Crippen molar-refractivity contribution in [2.75, 3.05) is 26.2 Å². The number of hydrogen-bond acceptors (Lipinski definition) is 2. The number of amides is 1. The third kappa shape index (κ3) is 3.79. The van der Waals surface area contributed by atoms with Gasteiger partial charge in [-0.25, -0.2) is 4.39 Å². The zero-order valence-electron chi connectivity index (χ0n) is 14.7. The Morgan fingerprint density at radius 1 is 1.08 bits per heavy atom. The zero-order chi connectivity index (χ0) is 17.2. The van der Waals surface area contributed by atoms with E-state index in [9.17, 15) is 9.18 Å². The second kappa shape index (κ2) is 7.28. The van der Waals surface area contributed by atoms with Crippen molar-refractivity contribution in [3.8, 4) is 0 Å². The molecule has 2 bridgehead atoms. The predicted molar refractivity (Wildman–Crippen MR) is 97.4 cm³/mol. The van der Waals surface area contributed by atoms with Gasteiger partial charge in [-0.2, -0.15) is 0 Å². The SMILES string of the molecule is O=C1[C@H]2CC[C@H](CN(C/C=C/c3ccc(F)cc3)C2)N1CC1CCC1. The molecule has 3 heterocycles. The van der Waals surface area contributed by atoms with Gasteiger partial charge in [-0.3, -0.25) is 9.69 Å². The highest BCUT2D eigenvalue weighted by Crippen LogP contribution is 2.33. The summed E-state index contributed by atoms with van der Waals surface area (Å²) < 4.78 is 13.0. The van der Waals surface area contributed by atoms with E-state index in [0.29, 0.717) is 11.9 Å².